The minimum Gasteiger partial charge on any atom is -0.399 e. The van der Waals surface area contributed by atoms with Gasteiger partial charge in [0.05, 0.1) is 5.92 Å². The molecule has 3 aliphatic rings. The fourth-order valence-corrected chi connectivity index (χ4v) is 4.70. The molecule has 1 spiro atoms. The molecular weight excluding hydrogens is 332 g/mol. The zero-order chi connectivity index (χ0) is 17.9. The van der Waals surface area contributed by atoms with Crippen LogP contribution in [0.5, 0.6) is 0 Å². The van der Waals surface area contributed by atoms with E-state index in [0.717, 1.165) is 18.8 Å². The molecule has 3 heterocycles. The maximum absolute atomic E-state index is 11.7. The van der Waals surface area contributed by atoms with E-state index in [0.29, 0.717) is 19.0 Å². The van der Waals surface area contributed by atoms with Crippen LogP contribution in [-0.4, -0.2) is 48.9 Å². The summed E-state index contributed by atoms with van der Waals surface area (Å²) >= 11 is 0. The van der Waals surface area contributed by atoms with Crippen molar-refractivity contribution in [2.75, 3.05) is 31.1 Å². The van der Waals surface area contributed by atoms with Crippen molar-refractivity contribution in [3.05, 3.63) is 42.5 Å². The van der Waals surface area contributed by atoms with Crippen LogP contribution in [0.3, 0.4) is 0 Å². The van der Waals surface area contributed by atoms with E-state index in [1.54, 1.807) is 0 Å². The van der Waals surface area contributed by atoms with E-state index in [2.05, 4.69) is 35.2 Å². The van der Waals surface area contributed by atoms with E-state index in [1.165, 1.54) is 10.8 Å². The van der Waals surface area contributed by atoms with Crippen molar-refractivity contribution in [1.29, 1.82) is 0 Å². The van der Waals surface area contributed by atoms with Crippen LogP contribution < -0.4 is 4.90 Å². The molecule has 6 heteroatoms. The number of fused-ring (bicyclic) bond motifs is 3. The molecule has 0 aliphatic carbocycles. The van der Waals surface area contributed by atoms with Crippen molar-refractivity contribution in [2.45, 2.75) is 12.8 Å². The molecule has 0 radical (unpaired) electrons. The molecule has 3 saturated heterocycles. The second-order valence-electron chi connectivity index (χ2n) is 7.25. The Kier molecular flexibility index (Phi) is 3.28. The molecule has 3 fully saturated rings. The summed E-state index contributed by atoms with van der Waals surface area (Å²) < 4.78 is 11.0. The van der Waals surface area contributed by atoms with Crippen molar-refractivity contribution in [3.8, 4) is 0 Å². The van der Waals surface area contributed by atoms with Gasteiger partial charge in [0.1, 0.15) is 0 Å². The predicted octanol–water partition coefficient (Wildman–Crippen LogP) is 1.98. The zero-order valence-electron chi connectivity index (χ0n) is 14.6. The van der Waals surface area contributed by atoms with Gasteiger partial charge < -0.3 is 14.4 Å². The Morgan fingerprint density at radius 2 is 1.73 bits per heavy atom. The Balaban J connectivity index is 1.46. The van der Waals surface area contributed by atoms with Gasteiger partial charge in [0.15, 0.2) is 0 Å². The van der Waals surface area contributed by atoms with Crippen LogP contribution in [0.1, 0.15) is 6.92 Å². The molecule has 6 nitrogen and oxygen atoms in total. The summed E-state index contributed by atoms with van der Waals surface area (Å²) in [5.74, 6) is -2.73. The van der Waals surface area contributed by atoms with Gasteiger partial charge >= 0.3 is 17.8 Å². The Morgan fingerprint density at radius 3 is 2.46 bits per heavy atom. The number of benzene rings is 2. The Hall–Kier alpha value is -2.60. The molecule has 26 heavy (non-hydrogen) atoms. The van der Waals surface area contributed by atoms with Crippen LogP contribution >= 0.6 is 0 Å². The minimum absolute atomic E-state index is 0.0377. The average molecular weight is 352 g/mol. The van der Waals surface area contributed by atoms with Gasteiger partial charge in [-0.1, -0.05) is 37.3 Å². The Morgan fingerprint density at radius 1 is 1.00 bits per heavy atom. The molecule has 2 aromatic rings. The smallest absolute Gasteiger partial charge is 0.399 e. The lowest BCUT2D eigenvalue weighted by Gasteiger charge is -2.34. The lowest BCUT2D eigenvalue weighted by atomic mass is 9.97. The molecule has 2 atom stereocenters. The van der Waals surface area contributed by atoms with E-state index in [-0.39, 0.29) is 5.92 Å². The SMILES string of the molecule is CCN1CC2CN(c3ccc4ccccc4c3)CC2C12OC(=O)C(=O)O2. The van der Waals surface area contributed by atoms with Gasteiger partial charge in [-0.15, -0.1) is 0 Å². The summed E-state index contributed by atoms with van der Waals surface area (Å²) in [6.07, 6.45) is 0. The quantitative estimate of drug-likeness (QED) is 0.608. The normalized spacial score (nSPS) is 27.2. The molecule has 0 bridgehead atoms. The van der Waals surface area contributed by atoms with Crippen molar-refractivity contribution < 1.29 is 19.1 Å². The van der Waals surface area contributed by atoms with Crippen molar-refractivity contribution in [3.63, 3.8) is 0 Å². The van der Waals surface area contributed by atoms with E-state index in [9.17, 15) is 9.59 Å². The summed E-state index contributed by atoms with van der Waals surface area (Å²) in [4.78, 5) is 27.8. The number of esters is 2. The number of hydrogen-bond acceptors (Lipinski definition) is 6. The topological polar surface area (TPSA) is 59.1 Å². The number of likely N-dealkylation sites (tertiary alicyclic amines) is 1. The van der Waals surface area contributed by atoms with Gasteiger partial charge in [-0.25, -0.2) is 14.5 Å². The minimum atomic E-state index is -1.22. The molecule has 0 saturated carbocycles. The maximum atomic E-state index is 11.7. The number of ether oxygens (including phenoxy) is 2. The van der Waals surface area contributed by atoms with E-state index >= 15 is 0 Å². The average Bonchev–Trinajstić information content (AvgIpc) is 3.28. The van der Waals surface area contributed by atoms with Gasteiger partial charge in [-0.3, -0.25) is 0 Å². The van der Waals surface area contributed by atoms with Crippen molar-refractivity contribution in [1.82, 2.24) is 4.90 Å². The van der Waals surface area contributed by atoms with Gasteiger partial charge in [0, 0.05) is 37.8 Å². The lowest BCUT2D eigenvalue weighted by molar-refractivity contribution is -0.252. The molecule has 2 aromatic carbocycles. The summed E-state index contributed by atoms with van der Waals surface area (Å²) in [7, 11) is 0. The number of carbonyl (C=O) groups is 2. The predicted molar refractivity (Wildman–Crippen MR) is 95.3 cm³/mol. The number of hydrogen-bond donors (Lipinski definition) is 0. The summed E-state index contributed by atoms with van der Waals surface area (Å²) in [6, 6.07) is 14.7. The fraction of sp³-hybridized carbons (Fsp3) is 0.400. The first-order chi connectivity index (χ1) is 12.6. The van der Waals surface area contributed by atoms with Gasteiger partial charge in [-0.2, -0.15) is 0 Å². The highest BCUT2D eigenvalue weighted by Crippen LogP contribution is 2.48. The maximum Gasteiger partial charge on any atom is 0.421 e. The monoisotopic (exact) mass is 352 g/mol. The summed E-state index contributed by atoms with van der Waals surface area (Å²) in [6.45, 7) is 4.97. The third-order valence-corrected chi connectivity index (χ3v) is 5.93. The van der Waals surface area contributed by atoms with Crippen LogP contribution in [0, 0.1) is 11.8 Å². The summed E-state index contributed by atoms with van der Waals surface area (Å²) in [5, 5.41) is 2.41. The second kappa shape index (κ2) is 5.45. The Bertz CT molecular complexity index is 896. The third-order valence-electron chi connectivity index (χ3n) is 5.93. The van der Waals surface area contributed by atoms with Gasteiger partial charge in [0.25, 0.3) is 0 Å². The largest absolute Gasteiger partial charge is 0.421 e. The van der Waals surface area contributed by atoms with Gasteiger partial charge in [-0.05, 0) is 22.9 Å². The Labute approximate surface area is 151 Å². The second-order valence-corrected chi connectivity index (χ2v) is 7.25. The molecule has 134 valence electrons. The molecule has 0 amide bonds. The number of rotatable bonds is 2. The zero-order valence-corrected chi connectivity index (χ0v) is 14.6. The van der Waals surface area contributed by atoms with Crippen LogP contribution in [-0.2, 0) is 19.1 Å². The van der Waals surface area contributed by atoms with Crippen LogP contribution in [0.4, 0.5) is 5.69 Å². The first-order valence-corrected chi connectivity index (χ1v) is 9.06. The van der Waals surface area contributed by atoms with Crippen LogP contribution in [0.2, 0.25) is 0 Å². The number of nitrogens with zero attached hydrogens (tertiary/aromatic N) is 2. The highest BCUT2D eigenvalue weighted by Gasteiger charge is 2.66. The van der Waals surface area contributed by atoms with E-state index < -0.39 is 17.8 Å². The standard InChI is InChI=1S/C20H20N2O4/c1-2-22-11-15-10-21(12-17(15)20(22)25-18(23)19(24)26-20)16-8-7-13-5-3-4-6-14(13)9-16/h3-9,15,17H,2,10-12H2,1H3. The number of anilines is 1. The molecule has 0 aromatic heterocycles. The fourth-order valence-electron chi connectivity index (χ4n) is 4.70. The third kappa shape index (κ3) is 2.08. The molecular formula is C20H20N2O4. The van der Waals surface area contributed by atoms with Crippen LogP contribution in [0.25, 0.3) is 10.8 Å². The van der Waals surface area contributed by atoms with Crippen LogP contribution in [0.15, 0.2) is 42.5 Å². The van der Waals surface area contributed by atoms with Crippen molar-refractivity contribution in [2.24, 2.45) is 11.8 Å². The highest BCUT2D eigenvalue weighted by atomic mass is 16.8. The molecule has 3 aliphatic heterocycles. The molecule has 0 N–H and O–H groups in total. The first kappa shape index (κ1) is 15.6. The number of carbonyl (C=O) groups excluding carboxylic acids is 2. The lowest BCUT2D eigenvalue weighted by Crippen LogP contribution is -2.51. The molecule has 5 rings (SSSR count). The van der Waals surface area contributed by atoms with Gasteiger partial charge in [0.2, 0.25) is 0 Å². The molecule has 2 unspecified atom stereocenters. The summed E-state index contributed by atoms with van der Waals surface area (Å²) in [5.41, 5.74) is 1.15. The van der Waals surface area contributed by atoms with E-state index in [1.807, 2.05) is 24.0 Å². The van der Waals surface area contributed by atoms with E-state index in [4.69, 9.17) is 9.47 Å². The highest BCUT2D eigenvalue weighted by molar-refractivity contribution is 6.31. The first-order valence-electron chi connectivity index (χ1n) is 9.06. The van der Waals surface area contributed by atoms with Crippen molar-refractivity contribution >= 4 is 28.4 Å².